The van der Waals surface area contributed by atoms with E-state index in [4.69, 9.17) is 11.6 Å². The minimum absolute atomic E-state index is 0.393. The highest BCUT2D eigenvalue weighted by Crippen LogP contribution is 2.67. The second kappa shape index (κ2) is 8.76. The number of halogens is 1. The van der Waals surface area contributed by atoms with Crippen LogP contribution in [0.2, 0.25) is 0 Å². The van der Waals surface area contributed by atoms with Crippen LogP contribution in [0.15, 0.2) is 11.6 Å². The van der Waals surface area contributed by atoms with Gasteiger partial charge in [-0.2, -0.15) is 0 Å². The molecule has 0 aromatic rings. The van der Waals surface area contributed by atoms with Crippen LogP contribution in [-0.2, 0) is 0 Å². The molecule has 0 nitrogen and oxygen atoms in total. The van der Waals surface area contributed by atoms with Crippen molar-refractivity contribution in [3.8, 4) is 0 Å². The largest absolute Gasteiger partial charge is 0.123 e. The zero-order valence-electron chi connectivity index (χ0n) is 20.9. The zero-order chi connectivity index (χ0) is 21.7. The smallest absolute Gasteiger partial charge is 0.0373 e. The Morgan fingerprint density at radius 1 is 1.00 bits per heavy atom. The summed E-state index contributed by atoms with van der Waals surface area (Å²) < 4.78 is 0. The van der Waals surface area contributed by atoms with Gasteiger partial charge in [-0.3, -0.25) is 0 Å². The minimum Gasteiger partial charge on any atom is -0.123 e. The highest BCUT2D eigenvalue weighted by Gasteiger charge is 2.59. The summed E-state index contributed by atoms with van der Waals surface area (Å²) in [6, 6.07) is 0. The van der Waals surface area contributed by atoms with Crippen LogP contribution < -0.4 is 0 Å². The average Bonchev–Trinajstić information content (AvgIpc) is 3.06. The van der Waals surface area contributed by atoms with Crippen molar-refractivity contribution >= 4 is 11.6 Å². The summed E-state index contributed by atoms with van der Waals surface area (Å²) in [6.45, 7) is 15.2. The van der Waals surface area contributed by atoms with Crippen LogP contribution in [0.1, 0.15) is 112 Å². The lowest BCUT2D eigenvalue weighted by atomic mass is 9.47. The quantitative estimate of drug-likeness (QED) is 0.289. The van der Waals surface area contributed by atoms with Gasteiger partial charge in [0.1, 0.15) is 0 Å². The fraction of sp³-hybridized carbons (Fsp3) is 0.931. The van der Waals surface area contributed by atoms with Crippen molar-refractivity contribution in [2.75, 3.05) is 0 Å². The lowest BCUT2D eigenvalue weighted by Crippen LogP contribution is -2.50. The molecule has 0 aliphatic heterocycles. The van der Waals surface area contributed by atoms with Crippen molar-refractivity contribution < 1.29 is 0 Å². The van der Waals surface area contributed by atoms with Crippen molar-refractivity contribution in [3.63, 3.8) is 0 Å². The molecule has 3 fully saturated rings. The van der Waals surface area contributed by atoms with Crippen molar-refractivity contribution in [2.24, 2.45) is 52.3 Å². The first-order valence-electron chi connectivity index (χ1n) is 13.5. The van der Waals surface area contributed by atoms with E-state index in [1.54, 1.807) is 5.57 Å². The first-order chi connectivity index (χ1) is 14.2. The van der Waals surface area contributed by atoms with E-state index >= 15 is 0 Å². The fourth-order valence-electron chi connectivity index (χ4n) is 9.28. The number of fused-ring (bicyclic) bond motifs is 5. The molecule has 1 unspecified atom stereocenters. The van der Waals surface area contributed by atoms with Gasteiger partial charge >= 0.3 is 0 Å². The third-order valence-corrected chi connectivity index (χ3v) is 11.6. The average molecular weight is 433 g/mol. The van der Waals surface area contributed by atoms with E-state index in [1.165, 1.54) is 64.2 Å². The monoisotopic (exact) mass is 432 g/mol. The zero-order valence-corrected chi connectivity index (χ0v) is 21.6. The van der Waals surface area contributed by atoms with E-state index < -0.39 is 0 Å². The van der Waals surface area contributed by atoms with E-state index in [0.29, 0.717) is 16.2 Å². The Balaban J connectivity index is 1.47. The van der Waals surface area contributed by atoms with E-state index in [2.05, 4.69) is 47.6 Å². The number of alkyl halides is 1. The molecule has 3 saturated carbocycles. The summed E-state index contributed by atoms with van der Waals surface area (Å²) >= 11 is 6.58. The number of rotatable bonds is 6. The maximum Gasteiger partial charge on any atom is 0.0373 e. The molecule has 0 bridgehead atoms. The molecule has 0 saturated heterocycles. The van der Waals surface area contributed by atoms with E-state index in [-0.39, 0.29) is 0 Å². The lowest BCUT2D eigenvalue weighted by molar-refractivity contribution is -0.0501. The standard InChI is InChI=1S/C29H49Cl/c1-7-21(19(2)3)9-8-20(4)25-12-13-26-24-11-10-22-18-23(30)14-16-28(22,5)27(24)15-17-29(25,26)6/h10,19-21,23-27H,7-9,11-18H2,1-6H3/t20-,21-,23?,24+,25-,26+,27+,28+,29-/m1/s1. The predicted octanol–water partition coefficient (Wildman–Crippen LogP) is 9.27. The van der Waals surface area contributed by atoms with Crippen LogP contribution in [0, 0.1) is 52.3 Å². The van der Waals surface area contributed by atoms with Crippen molar-refractivity contribution in [1.82, 2.24) is 0 Å². The van der Waals surface area contributed by atoms with Gasteiger partial charge in [-0.1, -0.05) is 66.0 Å². The molecule has 0 aromatic carbocycles. The maximum absolute atomic E-state index is 6.58. The van der Waals surface area contributed by atoms with Crippen molar-refractivity contribution in [1.29, 1.82) is 0 Å². The Morgan fingerprint density at radius 3 is 2.47 bits per heavy atom. The first kappa shape index (κ1) is 23.2. The molecule has 4 rings (SSSR count). The molecule has 1 heteroatoms. The number of hydrogen-bond acceptors (Lipinski definition) is 0. The van der Waals surface area contributed by atoms with Crippen LogP contribution >= 0.6 is 11.6 Å². The molecular formula is C29H49Cl. The van der Waals surface area contributed by atoms with Crippen LogP contribution in [0.25, 0.3) is 0 Å². The van der Waals surface area contributed by atoms with Gasteiger partial charge in [0, 0.05) is 5.38 Å². The molecule has 172 valence electrons. The van der Waals surface area contributed by atoms with Crippen LogP contribution in [0.3, 0.4) is 0 Å². The molecule has 4 aliphatic carbocycles. The SMILES string of the molecule is CC[C@H](CC[C@@H](C)[C@H]1CC[C@H]2[C@@H]3CC=C4CC(Cl)CC[C@]4(C)[C@H]3CC[C@]12C)C(C)C. The summed E-state index contributed by atoms with van der Waals surface area (Å²) in [7, 11) is 0. The predicted molar refractivity (Wildman–Crippen MR) is 132 cm³/mol. The lowest BCUT2D eigenvalue weighted by Gasteiger charge is -2.58. The van der Waals surface area contributed by atoms with Gasteiger partial charge in [-0.15, -0.1) is 11.6 Å². The number of hydrogen-bond donors (Lipinski definition) is 0. The van der Waals surface area contributed by atoms with Crippen LogP contribution in [0.5, 0.6) is 0 Å². The topological polar surface area (TPSA) is 0 Å². The van der Waals surface area contributed by atoms with Gasteiger partial charge in [0.15, 0.2) is 0 Å². The van der Waals surface area contributed by atoms with E-state index in [9.17, 15) is 0 Å². The van der Waals surface area contributed by atoms with Gasteiger partial charge < -0.3 is 0 Å². The molecule has 0 radical (unpaired) electrons. The molecule has 0 heterocycles. The summed E-state index contributed by atoms with van der Waals surface area (Å²) in [5.41, 5.74) is 2.80. The van der Waals surface area contributed by atoms with Crippen molar-refractivity contribution in [2.45, 2.75) is 118 Å². The van der Waals surface area contributed by atoms with Gasteiger partial charge in [-0.05, 0) is 110 Å². The Hall–Kier alpha value is 0.0300. The van der Waals surface area contributed by atoms with Gasteiger partial charge in [0.05, 0.1) is 0 Å². The van der Waals surface area contributed by atoms with Gasteiger partial charge in [-0.25, -0.2) is 0 Å². The normalized spacial score (nSPS) is 45.3. The highest BCUT2D eigenvalue weighted by molar-refractivity contribution is 6.20. The van der Waals surface area contributed by atoms with Crippen LogP contribution in [-0.4, -0.2) is 5.38 Å². The van der Waals surface area contributed by atoms with E-state index in [1.807, 2.05) is 0 Å². The highest BCUT2D eigenvalue weighted by atomic mass is 35.5. The summed E-state index contributed by atoms with van der Waals surface area (Å²) in [4.78, 5) is 0. The molecule has 0 aromatic heterocycles. The summed E-state index contributed by atoms with van der Waals surface area (Å²) in [6.07, 6.45) is 18.0. The second-order valence-corrected chi connectivity index (χ2v) is 13.4. The Morgan fingerprint density at radius 2 is 1.77 bits per heavy atom. The Kier molecular flexibility index (Phi) is 6.77. The maximum atomic E-state index is 6.58. The molecule has 0 N–H and O–H groups in total. The Bertz CT molecular complexity index is 634. The first-order valence-corrected chi connectivity index (χ1v) is 14.0. The Labute approximate surface area is 193 Å². The minimum atomic E-state index is 0.393. The number of allylic oxidation sites excluding steroid dienone is 2. The third kappa shape index (κ3) is 3.84. The molecular weight excluding hydrogens is 384 g/mol. The fourth-order valence-corrected chi connectivity index (χ4v) is 9.55. The third-order valence-electron chi connectivity index (χ3n) is 11.3. The van der Waals surface area contributed by atoms with Gasteiger partial charge in [0.25, 0.3) is 0 Å². The molecule has 9 atom stereocenters. The second-order valence-electron chi connectivity index (χ2n) is 12.8. The van der Waals surface area contributed by atoms with Crippen LogP contribution in [0.4, 0.5) is 0 Å². The molecule has 0 spiro atoms. The summed E-state index contributed by atoms with van der Waals surface area (Å²) in [5, 5.41) is 0.393. The summed E-state index contributed by atoms with van der Waals surface area (Å²) in [5.74, 6) is 6.48. The molecule has 0 amide bonds. The molecule has 30 heavy (non-hydrogen) atoms. The van der Waals surface area contributed by atoms with E-state index in [0.717, 1.165) is 47.8 Å². The molecule has 4 aliphatic rings. The van der Waals surface area contributed by atoms with Crippen molar-refractivity contribution in [3.05, 3.63) is 11.6 Å². The van der Waals surface area contributed by atoms with Gasteiger partial charge in [0.2, 0.25) is 0 Å².